The van der Waals surface area contributed by atoms with Crippen LogP contribution in [-0.2, 0) is 18.3 Å². The quantitative estimate of drug-likeness (QED) is 0.271. The molecule has 0 saturated carbocycles. The third kappa shape index (κ3) is 6.44. The summed E-state index contributed by atoms with van der Waals surface area (Å²) in [5.74, 6) is 1.20. The van der Waals surface area contributed by atoms with Gasteiger partial charge < -0.3 is 19.7 Å². The van der Waals surface area contributed by atoms with Gasteiger partial charge >= 0.3 is 0 Å². The molecule has 1 N–H and O–H groups in total. The highest BCUT2D eigenvalue weighted by Gasteiger charge is 2.25. The van der Waals surface area contributed by atoms with E-state index in [9.17, 15) is 4.39 Å². The van der Waals surface area contributed by atoms with E-state index in [4.69, 9.17) is 14.5 Å². The average Bonchev–Trinajstić information content (AvgIpc) is 3.25. The van der Waals surface area contributed by atoms with E-state index in [0.29, 0.717) is 25.4 Å². The van der Waals surface area contributed by atoms with Gasteiger partial charge in [0.15, 0.2) is 17.5 Å². The van der Waals surface area contributed by atoms with Gasteiger partial charge in [-0.25, -0.2) is 9.38 Å². The maximum Gasteiger partial charge on any atom is 0.194 e. The first-order valence-electron chi connectivity index (χ1n) is 10.8. The molecule has 1 atom stereocenters. The third-order valence-corrected chi connectivity index (χ3v) is 5.23. The molecule has 1 unspecified atom stereocenters. The largest absolute Gasteiger partial charge is 0.454 e. The van der Waals surface area contributed by atoms with Crippen LogP contribution in [0.25, 0.3) is 0 Å². The van der Waals surface area contributed by atoms with Crippen LogP contribution < -0.4 is 10.1 Å². The molecule has 1 aliphatic heterocycles. The summed E-state index contributed by atoms with van der Waals surface area (Å²) < 4.78 is 27.6. The second kappa shape index (κ2) is 12.0. The van der Waals surface area contributed by atoms with Crippen LogP contribution in [0.5, 0.6) is 11.5 Å². The zero-order chi connectivity index (χ0) is 22.3. The fourth-order valence-corrected chi connectivity index (χ4v) is 3.62. The van der Waals surface area contributed by atoms with Crippen LogP contribution >= 0.6 is 24.0 Å². The molecule has 3 aromatic rings. The molecule has 2 aromatic carbocycles. The Morgan fingerprint density at radius 3 is 2.70 bits per heavy atom. The zero-order valence-corrected chi connectivity index (χ0v) is 21.1. The van der Waals surface area contributed by atoms with Crippen LogP contribution in [0.4, 0.5) is 4.39 Å². The van der Waals surface area contributed by atoms with E-state index >= 15 is 0 Å². The number of halogens is 2. The number of benzene rings is 2. The molecule has 4 rings (SSSR count). The van der Waals surface area contributed by atoms with Crippen LogP contribution in [0.1, 0.15) is 24.2 Å². The molecule has 1 saturated heterocycles. The Morgan fingerprint density at radius 1 is 1.21 bits per heavy atom. The van der Waals surface area contributed by atoms with Crippen LogP contribution in [-0.4, -0.2) is 46.9 Å². The lowest BCUT2D eigenvalue weighted by Crippen LogP contribution is -2.48. The minimum atomic E-state index is -0.395. The highest BCUT2D eigenvalue weighted by atomic mass is 127. The molecule has 0 spiro atoms. The SMILES string of the molecule is CCNC(=NCc1ccccc1Oc1ccccc1F)N1CCOC(c2cnn(C)c2)C1.I. The number of guanidine groups is 1. The van der Waals surface area contributed by atoms with Gasteiger partial charge in [-0.3, -0.25) is 4.68 Å². The van der Waals surface area contributed by atoms with Gasteiger partial charge in [0.25, 0.3) is 0 Å². The molecule has 1 aromatic heterocycles. The third-order valence-electron chi connectivity index (χ3n) is 5.23. The smallest absolute Gasteiger partial charge is 0.194 e. The number of rotatable bonds is 6. The van der Waals surface area contributed by atoms with Gasteiger partial charge in [0.2, 0.25) is 0 Å². The number of hydrogen-bond acceptors (Lipinski definition) is 4. The maximum atomic E-state index is 14.1. The number of hydrogen-bond donors (Lipinski definition) is 1. The average molecular weight is 565 g/mol. The van der Waals surface area contributed by atoms with Gasteiger partial charge in [-0.1, -0.05) is 30.3 Å². The molecule has 9 heteroatoms. The highest BCUT2D eigenvalue weighted by Crippen LogP contribution is 2.28. The fourth-order valence-electron chi connectivity index (χ4n) is 3.62. The standard InChI is InChI=1S/C24H28FN5O2.HI/c1-3-26-24(30-12-13-31-23(17-30)19-15-28-29(2)16-19)27-14-18-8-4-6-10-21(18)32-22-11-7-5-9-20(22)25;/h4-11,15-16,23H,3,12-14,17H2,1-2H3,(H,26,27);1H. The van der Waals surface area contributed by atoms with Gasteiger partial charge in [-0.05, 0) is 25.1 Å². The topological polar surface area (TPSA) is 63.9 Å². The summed E-state index contributed by atoms with van der Waals surface area (Å²) in [6.07, 6.45) is 3.77. The molecular weight excluding hydrogens is 536 g/mol. The van der Waals surface area contributed by atoms with Crippen molar-refractivity contribution in [3.8, 4) is 11.5 Å². The second-order valence-corrected chi connectivity index (χ2v) is 7.56. The monoisotopic (exact) mass is 565 g/mol. The Hall–Kier alpha value is -2.66. The molecule has 7 nitrogen and oxygen atoms in total. The van der Waals surface area contributed by atoms with E-state index in [1.807, 2.05) is 50.6 Å². The van der Waals surface area contributed by atoms with Crippen molar-refractivity contribution in [3.63, 3.8) is 0 Å². The molecule has 0 amide bonds. The summed E-state index contributed by atoms with van der Waals surface area (Å²) in [4.78, 5) is 7.05. The van der Waals surface area contributed by atoms with Gasteiger partial charge in [-0.2, -0.15) is 5.10 Å². The summed E-state index contributed by atoms with van der Waals surface area (Å²) in [7, 11) is 1.90. The first-order chi connectivity index (χ1) is 15.6. The molecular formula is C24H29FIN5O2. The van der Waals surface area contributed by atoms with Gasteiger partial charge in [0.1, 0.15) is 11.9 Å². The lowest BCUT2D eigenvalue weighted by atomic mass is 10.1. The Labute approximate surface area is 210 Å². The lowest BCUT2D eigenvalue weighted by Gasteiger charge is -2.34. The van der Waals surface area contributed by atoms with E-state index in [1.54, 1.807) is 22.9 Å². The normalized spacial score (nSPS) is 16.3. The fraction of sp³-hybridized carbons (Fsp3) is 0.333. The van der Waals surface area contributed by atoms with E-state index in [-0.39, 0.29) is 35.8 Å². The molecule has 33 heavy (non-hydrogen) atoms. The van der Waals surface area contributed by atoms with E-state index in [1.165, 1.54) is 6.07 Å². The number of para-hydroxylation sites is 2. The molecule has 0 bridgehead atoms. The molecule has 1 fully saturated rings. The predicted molar refractivity (Wildman–Crippen MR) is 137 cm³/mol. The van der Waals surface area contributed by atoms with Crippen molar-refractivity contribution in [2.24, 2.45) is 12.0 Å². The number of nitrogens with zero attached hydrogens (tertiary/aromatic N) is 4. The van der Waals surface area contributed by atoms with Gasteiger partial charge in [-0.15, -0.1) is 24.0 Å². The Bertz CT molecular complexity index is 1070. The number of nitrogens with one attached hydrogen (secondary N) is 1. The van der Waals surface area contributed by atoms with Gasteiger partial charge in [0, 0.05) is 37.5 Å². The minimum Gasteiger partial charge on any atom is -0.454 e. The highest BCUT2D eigenvalue weighted by molar-refractivity contribution is 14.0. The van der Waals surface area contributed by atoms with Crippen LogP contribution in [0.2, 0.25) is 0 Å². The molecule has 0 aliphatic carbocycles. The molecule has 176 valence electrons. The number of morpholine rings is 1. The van der Waals surface area contributed by atoms with Crippen molar-refractivity contribution in [3.05, 3.63) is 77.9 Å². The van der Waals surface area contributed by atoms with E-state index in [2.05, 4.69) is 15.3 Å². The predicted octanol–water partition coefficient (Wildman–Crippen LogP) is 4.51. The molecule has 1 aliphatic rings. The second-order valence-electron chi connectivity index (χ2n) is 7.56. The molecule has 2 heterocycles. The Balaban J connectivity index is 0.00000306. The van der Waals surface area contributed by atoms with Crippen molar-refractivity contribution >= 4 is 29.9 Å². The zero-order valence-electron chi connectivity index (χ0n) is 18.8. The van der Waals surface area contributed by atoms with Crippen molar-refractivity contribution in [1.29, 1.82) is 0 Å². The Kier molecular flexibility index (Phi) is 9.07. The van der Waals surface area contributed by atoms with Crippen LogP contribution in [0.15, 0.2) is 65.9 Å². The lowest BCUT2D eigenvalue weighted by molar-refractivity contribution is -0.00805. The van der Waals surface area contributed by atoms with Crippen LogP contribution in [0.3, 0.4) is 0 Å². The summed E-state index contributed by atoms with van der Waals surface area (Å²) >= 11 is 0. The number of aryl methyl sites for hydroxylation is 1. The van der Waals surface area contributed by atoms with Crippen molar-refractivity contribution in [2.75, 3.05) is 26.2 Å². The van der Waals surface area contributed by atoms with E-state index < -0.39 is 5.82 Å². The van der Waals surface area contributed by atoms with Crippen LogP contribution in [0, 0.1) is 5.82 Å². The summed E-state index contributed by atoms with van der Waals surface area (Å²) in [5.41, 5.74) is 1.93. The van der Waals surface area contributed by atoms with Crippen molar-refractivity contribution in [2.45, 2.75) is 19.6 Å². The molecule has 0 radical (unpaired) electrons. The number of aromatic nitrogens is 2. The summed E-state index contributed by atoms with van der Waals surface area (Å²) in [6, 6.07) is 14.0. The summed E-state index contributed by atoms with van der Waals surface area (Å²) in [6.45, 7) is 5.24. The van der Waals surface area contributed by atoms with Gasteiger partial charge in [0.05, 0.1) is 25.9 Å². The van der Waals surface area contributed by atoms with Crippen molar-refractivity contribution < 1.29 is 13.9 Å². The van der Waals surface area contributed by atoms with Crippen molar-refractivity contribution in [1.82, 2.24) is 20.0 Å². The minimum absolute atomic E-state index is 0. The Morgan fingerprint density at radius 2 is 1.97 bits per heavy atom. The first-order valence-corrected chi connectivity index (χ1v) is 10.8. The summed E-state index contributed by atoms with van der Waals surface area (Å²) in [5, 5.41) is 7.63. The maximum absolute atomic E-state index is 14.1. The van der Waals surface area contributed by atoms with E-state index in [0.717, 1.165) is 30.2 Å². The number of aliphatic imine (C=N–C) groups is 1. The first kappa shape index (κ1) is 25.0. The number of ether oxygens (including phenoxy) is 2.